The maximum Gasteiger partial charge on any atom is 0.263 e. The van der Waals surface area contributed by atoms with Gasteiger partial charge in [0.25, 0.3) is 5.56 Å². The minimum Gasteiger partial charge on any atom is -0.382 e. The van der Waals surface area contributed by atoms with Crippen LogP contribution in [0.1, 0.15) is 23.8 Å². The fourth-order valence-electron chi connectivity index (χ4n) is 2.95. The van der Waals surface area contributed by atoms with Gasteiger partial charge in [0, 0.05) is 35.3 Å². The molecule has 0 saturated heterocycles. The fraction of sp³-hybridized carbons (Fsp3) is 0.381. The Morgan fingerprint density at radius 1 is 1.30 bits per heavy atom. The van der Waals surface area contributed by atoms with Crippen LogP contribution < -0.4 is 10.9 Å². The molecule has 0 bridgehead atoms. The number of nitrogens with one attached hydrogen (secondary N) is 1. The van der Waals surface area contributed by atoms with Crippen LogP contribution in [0.5, 0.6) is 0 Å². The highest BCUT2D eigenvalue weighted by atomic mass is 35.5. The quantitative estimate of drug-likeness (QED) is 0.277. The number of nitrogens with zero attached hydrogens (tertiary/aromatic N) is 2. The number of hydrogen-bond donors (Lipinski definition) is 1. The Hall–Kier alpha value is -1.87. The maximum atomic E-state index is 13.2. The number of hydrogen-bond acceptors (Lipinski definition) is 6. The van der Waals surface area contributed by atoms with Gasteiger partial charge in [0.2, 0.25) is 5.91 Å². The molecule has 1 N–H and O–H groups in total. The number of aromatic nitrogens is 2. The first-order valence-corrected chi connectivity index (χ1v) is 11.8. The van der Waals surface area contributed by atoms with Gasteiger partial charge in [-0.3, -0.25) is 14.2 Å². The molecule has 0 aliphatic carbocycles. The largest absolute Gasteiger partial charge is 0.382 e. The Morgan fingerprint density at radius 3 is 2.73 bits per heavy atom. The summed E-state index contributed by atoms with van der Waals surface area (Å²) in [6.07, 6.45) is 0.702. The molecule has 3 aromatic rings. The molecular formula is C21H24ClN3O3S2. The molecule has 3 rings (SSSR count). The van der Waals surface area contributed by atoms with Crippen LogP contribution in [0, 0.1) is 13.8 Å². The number of thiophene rings is 1. The summed E-state index contributed by atoms with van der Waals surface area (Å²) in [6, 6.07) is 6.93. The van der Waals surface area contributed by atoms with Crippen LogP contribution in [-0.2, 0) is 16.1 Å². The minimum atomic E-state index is -0.170. The van der Waals surface area contributed by atoms with E-state index in [-0.39, 0.29) is 17.2 Å². The van der Waals surface area contributed by atoms with Crippen molar-refractivity contribution in [1.82, 2.24) is 9.55 Å². The predicted octanol–water partition coefficient (Wildman–Crippen LogP) is 4.89. The van der Waals surface area contributed by atoms with Gasteiger partial charge in [0.1, 0.15) is 4.83 Å². The third-order valence-corrected chi connectivity index (χ3v) is 6.92. The molecule has 0 spiro atoms. The number of fused-ring (bicyclic) bond motifs is 1. The zero-order valence-corrected chi connectivity index (χ0v) is 19.5. The molecule has 2 heterocycles. The second-order valence-electron chi connectivity index (χ2n) is 6.71. The van der Waals surface area contributed by atoms with Crippen molar-refractivity contribution in [2.75, 3.05) is 24.3 Å². The first-order chi connectivity index (χ1) is 14.4. The molecule has 0 atom stereocenters. The Kier molecular flexibility index (Phi) is 7.93. The summed E-state index contributed by atoms with van der Waals surface area (Å²) < 4.78 is 7.08. The van der Waals surface area contributed by atoms with E-state index in [4.69, 9.17) is 21.3 Å². The van der Waals surface area contributed by atoms with Crippen LogP contribution in [0.15, 0.2) is 34.2 Å². The second-order valence-corrected chi connectivity index (χ2v) is 9.29. The zero-order chi connectivity index (χ0) is 21.7. The van der Waals surface area contributed by atoms with Gasteiger partial charge >= 0.3 is 0 Å². The summed E-state index contributed by atoms with van der Waals surface area (Å²) in [6.45, 7) is 7.60. The molecule has 6 nitrogen and oxygen atoms in total. The van der Waals surface area contributed by atoms with Gasteiger partial charge in [-0.2, -0.15) is 0 Å². The molecule has 2 aromatic heterocycles. The smallest absolute Gasteiger partial charge is 0.263 e. The third kappa shape index (κ3) is 5.43. The lowest BCUT2D eigenvalue weighted by atomic mass is 10.2. The number of rotatable bonds is 9. The van der Waals surface area contributed by atoms with Crippen molar-refractivity contribution in [3.63, 3.8) is 0 Å². The monoisotopic (exact) mass is 465 g/mol. The summed E-state index contributed by atoms with van der Waals surface area (Å²) in [7, 11) is 0. The Morgan fingerprint density at radius 2 is 2.03 bits per heavy atom. The van der Waals surface area contributed by atoms with E-state index in [2.05, 4.69) is 5.32 Å². The molecule has 0 aliphatic heterocycles. The van der Waals surface area contributed by atoms with Crippen LogP contribution in [0.4, 0.5) is 5.69 Å². The van der Waals surface area contributed by atoms with Gasteiger partial charge in [0.15, 0.2) is 5.16 Å². The number of aryl methyl sites for hydroxylation is 2. The molecule has 0 fully saturated rings. The molecule has 0 saturated carbocycles. The number of ether oxygens (including phenoxy) is 1. The lowest BCUT2D eigenvalue weighted by molar-refractivity contribution is -0.113. The van der Waals surface area contributed by atoms with Crippen molar-refractivity contribution in [2.45, 2.75) is 38.9 Å². The highest BCUT2D eigenvalue weighted by molar-refractivity contribution is 7.99. The highest BCUT2D eigenvalue weighted by Crippen LogP contribution is 2.28. The lowest BCUT2D eigenvalue weighted by Crippen LogP contribution is -2.25. The van der Waals surface area contributed by atoms with E-state index in [1.165, 1.54) is 23.1 Å². The normalized spacial score (nSPS) is 11.2. The summed E-state index contributed by atoms with van der Waals surface area (Å²) in [5.41, 5.74) is 1.59. The third-order valence-electron chi connectivity index (χ3n) is 4.59. The predicted molar refractivity (Wildman–Crippen MR) is 125 cm³/mol. The Labute approximate surface area is 188 Å². The average molecular weight is 466 g/mol. The Balaban J connectivity index is 1.80. The van der Waals surface area contributed by atoms with Gasteiger partial charge in [0.05, 0.1) is 11.1 Å². The van der Waals surface area contributed by atoms with Gasteiger partial charge in [-0.1, -0.05) is 23.4 Å². The Bertz CT molecular complexity index is 1090. The minimum absolute atomic E-state index is 0.0565. The second kappa shape index (κ2) is 10.4. The van der Waals surface area contributed by atoms with Gasteiger partial charge in [-0.15, -0.1) is 11.3 Å². The number of carbonyl (C=O) groups excluding carboxylic acids is 1. The molecule has 9 heteroatoms. The van der Waals surface area contributed by atoms with Crippen LogP contribution >= 0.6 is 34.7 Å². The summed E-state index contributed by atoms with van der Waals surface area (Å²) >= 11 is 8.65. The highest BCUT2D eigenvalue weighted by Gasteiger charge is 2.17. The van der Waals surface area contributed by atoms with E-state index >= 15 is 0 Å². The first-order valence-electron chi connectivity index (χ1n) is 9.67. The lowest BCUT2D eigenvalue weighted by Gasteiger charge is -2.12. The number of thioether (sulfide) groups is 1. The maximum absolute atomic E-state index is 13.2. The molecule has 0 radical (unpaired) electrons. The van der Waals surface area contributed by atoms with E-state index in [1.807, 2.05) is 20.8 Å². The summed E-state index contributed by atoms with van der Waals surface area (Å²) in [4.78, 5) is 32.1. The molecule has 1 aromatic carbocycles. The van der Waals surface area contributed by atoms with Crippen LogP contribution in [-0.4, -0.2) is 34.4 Å². The fourth-order valence-corrected chi connectivity index (χ4v) is 4.97. The van der Waals surface area contributed by atoms with Crippen molar-refractivity contribution in [3.05, 3.63) is 50.1 Å². The molecule has 0 unspecified atom stereocenters. The van der Waals surface area contributed by atoms with E-state index < -0.39 is 0 Å². The van der Waals surface area contributed by atoms with Crippen molar-refractivity contribution in [3.8, 4) is 0 Å². The van der Waals surface area contributed by atoms with Crippen molar-refractivity contribution in [1.29, 1.82) is 0 Å². The van der Waals surface area contributed by atoms with E-state index in [0.29, 0.717) is 47.4 Å². The van der Waals surface area contributed by atoms with Crippen LogP contribution in [0.2, 0.25) is 5.02 Å². The first kappa shape index (κ1) is 22.8. The number of benzene rings is 1. The van der Waals surface area contributed by atoms with E-state index in [9.17, 15) is 9.59 Å². The average Bonchev–Trinajstić information content (AvgIpc) is 3.00. The van der Waals surface area contributed by atoms with Crippen molar-refractivity contribution in [2.24, 2.45) is 0 Å². The SMILES string of the molecule is CCOCCCn1c(SCC(=O)Nc2ccc(Cl)cc2)nc2sc(C)c(C)c2c1=O. The number of carbonyl (C=O) groups is 1. The summed E-state index contributed by atoms with van der Waals surface area (Å²) in [5, 5.41) is 4.66. The van der Waals surface area contributed by atoms with E-state index in [0.717, 1.165) is 15.3 Å². The number of halogens is 1. The molecule has 1 amide bonds. The topological polar surface area (TPSA) is 73.2 Å². The summed E-state index contributed by atoms with van der Waals surface area (Å²) in [5.74, 6) is -0.0221. The molecule has 160 valence electrons. The van der Waals surface area contributed by atoms with E-state index in [1.54, 1.807) is 28.8 Å². The number of anilines is 1. The molecule has 30 heavy (non-hydrogen) atoms. The van der Waals surface area contributed by atoms with Gasteiger partial charge in [-0.05, 0) is 57.0 Å². The molecular weight excluding hydrogens is 442 g/mol. The van der Waals surface area contributed by atoms with Gasteiger partial charge in [-0.25, -0.2) is 4.98 Å². The zero-order valence-electron chi connectivity index (χ0n) is 17.2. The van der Waals surface area contributed by atoms with Crippen molar-refractivity contribution < 1.29 is 9.53 Å². The van der Waals surface area contributed by atoms with Gasteiger partial charge < -0.3 is 10.1 Å². The van der Waals surface area contributed by atoms with Crippen molar-refractivity contribution >= 4 is 56.5 Å². The standard InChI is InChI=1S/C21H24ClN3O3S2/c1-4-28-11-5-10-25-20(27)18-13(2)14(3)30-19(18)24-21(25)29-12-17(26)23-16-8-6-15(22)7-9-16/h6-9H,4-5,10-12H2,1-3H3,(H,23,26). The number of amides is 1. The van der Waals surface area contributed by atoms with Crippen LogP contribution in [0.25, 0.3) is 10.2 Å². The van der Waals surface area contributed by atoms with Crippen LogP contribution in [0.3, 0.4) is 0 Å². The molecule has 0 aliphatic rings.